The molecule has 1 aromatic carbocycles. The second kappa shape index (κ2) is 15.8. The second-order valence-corrected chi connectivity index (χ2v) is 9.25. The Morgan fingerprint density at radius 2 is 1.92 bits per heavy atom. The third kappa shape index (κ3) is 9.99. The lowest BCUT2D eigenvalue weighted by molar-refractivity contribution is -0.143. The maximum Gasteiger partial charge on any atom is 0.408 e. The van der Waals surface area contributed by atoms with Gasteiger partial charge in [-0.3, -0.25) is 4.39 Å². The molecule has 8 nitrogen and oxygen atoms in total. The number of hydrogen-bond donors (Lipinski definition) is 2. The Kier molecular flexibility index (Phi) is 12.1. The van der Waals surface area contributed by atoms with Crippen LogP contribution in [0.1, 0.15) is 48.9 Å². The summed E-state index contributed by atoms with van der Waals surface area (Å²) in [5, 5.41) is 5.99. The van der Waals surface area contributed by atoms with Crippen LogP contribution in [0, 0.1) is 0 Å². The van der Waals surface area contributed by atoms with E-state index in [0.29, 0.717) is 25.9 Å². The number of aromatic nitrogens is 1. The van der Waals surface area contributed by atoms with Gasteiger partial charge in [0.15, 0.2) is 0 Å². The lowest BCUT2D eigenvalue weighted by Gasteiger charge is -2.24. The predicted octanol–water partition coefficient (Wildman–Crippen LogP) is 4.28. The van der Waals surface area contributed by atoms with Gasteiger partial charge in [-0.05, 0) is 68.7 Å². The van der Waals surface area contributed by atoms with Gasteiger partial charge in [0.05, 0.1) is 13.8 Å². The molecule has 0 saturated heterocycles. The first kappa shape index (κ1) is 28.4. The van der Waals surface area contributed by atoms with Crippen LogP contribution in [0.15, 0.2) is 42.5 Å². The number of hydrogen-bond acceptors (Lipinski definition) is 7. The van der Waals surface area contributed by atoms with Gasteiger partial charge in [-0.15, -0.1) is 0 Å². The smallest absolute Gasteiger partial charge is 0.408 e. The summed E-state index contributed by atoms with van der Waals surface area (Å²) in [5.41, 5.74) is 3.21. The summed E-state index contributed by atoms with van der Waals surface area (Å²) in [5.74, 6) is 0.478. The quantitative estimate of drug-likeness (QED) is 0.271. The Labute approximate surface area is 218 Å². The third-order valence-electron chi connectivity index (χ3n) is 6.44. The summed E-state index contributed by atoms with van der Waals surface area (Å²) in [6.45, 7) is 2.57. The number of halogens is 1. The van der Waals surface area contributed by atoms with Crippen molar-refractivity contribution in [3.8, 4) is 0 Å². The van der Waals surface area contributed by atoms with E-state index in [9.17, 15) is 14.0 Å². The highest BCUT2D eigenvalue weighted by molar-refractivity contribution is 5.81. The van der Waals surface area contributed by atoms with Crippen molar-refractivity contribution in [2.75, 3.05) is 45.3 Å². The molecule has 0 spiro atoms. The highest BCUT2D eigenvalue weighted by Crippen LogP contribution is 2.20. The number of methoxy groups -OCH3 is 1. The summed E-state index contributed by atoms with van der Waals surface area (Å²) in [7, 11) is 1.29. The fourth-order valence-electron chi connectivity index (χ4n) is 4.38. The Hall–Kier alpha value is -3.20. The third-order valence-corrected chi connectivity index (χ3v) is 6.44. The zero-order valence-electron chi connectivity index (χ0n) is 21.7. The van der Waals surface area contributed by atoms with Crippen molar-refractivity contribution in [1.29, 1.82) is 0 Å². The van der Waals surface area contributed by atoms with E-state index >= 15 is 0 Å². The van der Waals surface area contributed by atoms with Crippen molar-refractivity contribution in [2.24, 2.45) is 0 Å². The Balaban J connectivity index is 1.44. The van der Waals surface area contributed by atoms with E-state index in [1.54, 1.807) is 0 Å². The van der Waals surface area contributed by atoms with E-state index in [4.69, 9.17) is 14.5 Å². The molecule has 2 heterocycles. The summed E-state index contributed by atoms with van der Waals surface area (Å²) in [6.07, 6.45) is 5.07. The normalized spacial score (nSPS) is 13.4. The molecule has 0 bridgehead atoms. The van der Waals surface area contributed by atoms with Crippen LogP contribution >= 0.6 is 0 Å². The number of rotatable bonds is 15. The van der Waals surface area contributed by atoms with Crippen molar-refractivity contribution < 1.29 is 23.5 Å². The molecule has 0 unspecified atom stereocenters. The van der Waals surface area contributed by atoms with Gasteiger partial charge in [-0.1, -0.05) is 36.4 Å². The lowest BCUT2D eigenvalue weighted by Crippen LogP contribution is -2.44. The van der Waals surface area contributed by atoms with Crippen LogP contribution in [0.4, 0.5) is 15.0 Å². The monoisotopic (exact) mass is 514 g/mol. The van der Waals surface area contributed by atoms with Crippen molar-refractivity contribution >= 4 is 17.9 Å². The van der Waals surface area contributed by atoms with E-state index in [0.717, 1.165) is 62.3 Å². The van der Waals surface area contributed by atoms with Crippen LogP contribution in [-0.2, 0) is 33.7 Å². The number of pyridine rings is 1. The SMILES string of the molecule is COC(=O)[C@H](CCN(CCCF)CCCCc1ccc2c(n1)NCCC2)NC(=O)OCc1ccccc1. The molecule has 37 heavy (non-hydrogen) atoms. The van der Waals surface area contributed by atoms with E-state index in [1.165, 1.54) is 12.7 Å². The maximum absolute atomic E-state index is 12.9. The molecule has 202 valence electrons. The first-order valence-electron chi connectivity index (χ1n) is 13.1. The number of fused-ring (bicyclic) bond motifs is 1. The minimum absolute atomic E-state index is 0.109. The zero-order valence-corrected chi connectivity index (χ0v) is 21.7. The van der Waals surface area contributed by atoms with Crippen molar-refractivity contribution in [1.82, 2.24) is 15.2 Å². The molecule has 3 rings (SSSR count). The van der Waals surface area contributed by atoms with Gasteiger partial charge in [-0.25, -0.2) is 14.6 Å². The van der Waals surface area contributed by atoms with Gasteiger partial charge >= 0.3 is 12.1 Å². The number of aryl methyl sites for hydroxylation is 2. The number of nitrogens with zero attached hydrogens (tertiary/aromatic N) is 2. The molecule has 2 N–H and O–H groups in total. The predicted molar refractivity (Wildman–Crippen MR) is 141 cm³/mol. The molecule has 2 aromatic rings. The summed E-state index contributed by atoms with van der Waals surface area (Å²) in [4.78, 5) is 31.5. The molecule has 0 fully saturated rings. The standard InChI is InChI=1S/C28H39FN4O4/c1-36-27(34)25(32-28(35)37-21-22-9-3-2-4-10-22)15-20-33(19-8-16-29)18-6-5-12-24-14-13-23-11-7-17-30-26(23)31-24/h2-4,9-10,13-14,25H,5-8,11-12,15-21H2,1H3,(H,30,31)(H,32,35)/t25-/m0/s1. The number of alkyl halides is 1. The largest absolute Gasteiger partial charge is 0.467 e. The summed E-state index contributed by atoms with van der Waals surface area (Å²) in [6, 6.07) is 12.7. The number of esters is 1. The fourth-order valence-corrected chi connectivity index (χ4v) is 4.38. The van der Waals surface area contributed by atoms with Crippen molar-refractivity contribution in [3.63, 3.8) is 0 Å². The van der Waals surface area contributed by atoms with E-state index in [-0.39, 0.29) is 6.61 Å². The van der Waals surface area contributed by atoms with Gasteiger partial charge in [0.2, 0.25) is 0 Å². The van der Waals surface area contributed by atoms with Gasteiger partial charge in [0.25, 0.3) is 0 Å². The van der Waals surface area contributed by atoms with Crippen LogP contribution in [0.2, 0.25) is 0 Å². The lowest BCUT2D eigenvalue weighted by atomic mass is 10.1. The van der Waals surface area contributed by atoms with Gasteiger partial charge in [-0.2, -0.15) is 0 Å². The number of unbranched alkanes of at least 4 members (excludes halogenated alkanes) is 1. The molecule has 9 heteroatoms. The first-order chi connectivity index (χ1) is 18.1. The summed E-state index contributed by atoms with van der Waals surface area (Å²) < 4.78 is 23.0. The van der Waals surface area contributed by atoms with Gasteiger partial charge in [0, 0.05) is 25.3 Å². The van der Waals surface area contributed by atoms with Crippen molar-refractivity contribution in [2.45, 2.75) is 57.6 Å². The highest BCUT2D eigenvalue weighted by Gasteiger charge is 2.23. The molecular formula is C28H39FN4O4. The Morgan fingerprint density at radius 1 is 1.11 bits per heavy atom. The van der Waals surface area contributed by atoms with E-state index < -0.39 is 24.8 Å². The molecule has 1 aliphatic heterocycles. The number of benzene rings is 1. The number of amides is 1. The van der Waals surface area contributed by atoms with Gasteiger partial charge in [0.1, 0.15) is 18.5 Å². The molecule has 1 aromatic heterocycles. The number of ether oxygens (including phenoxy) is 2. The Morgan fingerprint density at radius 3 is 2.70 bits per heavy atom. The number of nitrogens with one attached hydrogen (secondary N) is 2. The minimum atomic E-state index is -0.839. The first-order valence-corrected chi connectivity index (χ1v) is 13.1. The molecule has 0 radical (unpaired) electrons. The topological polar surface area (TPSA) is 92.8 Å². The number of carbonyl (C=O) groups is 2. The van der Waals surface area contributed by atoms with E-state index in [1.807, 2.05) is 30.3 Å². The van der Waals surface area contributed by atoms with Crippen molar-refractivity contribution in [3.05, 3.63) is 59.3 Å². The highest BCUT2D eigenvalue weighted by atomic mass is 19.1. The summed E-state index contributed by atoms with van der Waals surface area (Å²) >= 11 is 0. The molecule has 0 aliphatic carbocycles. The minimum Gasteiger partial charge on any atom is -0.467 e. The molecule has 0 saturated carbocycles. The van der Waals surface area contributed by atoms with Crippen LogP contribution in [-0.4, -0.2) is 68.0 Å². The number of alkyl carbamates (subject to hydrolysis) is 1. The number of carbonyl (C=O) groups excluding carboxylic acids is 2. The fraction of sp³-hybridized carbons (Fsp3) is 0.536. The Bertz CT molecular complexity index is 976. The molecular weight excluding hydrogens is 475 g/mol. The zero-order chi connectivity index (χ0) is 26.3. The van der Waals surface area contributed by atoms with Crippen LogP contribution in [0.3, 0.4) is 0 Å². The number of anilines is 1. The average molecular weight is 515 g/mol. The van der Waals surface area contributed by atoms with Crippen LogP contribution in [0.5, 0.6) is 0 Å². The van der Waals surface area contributed by atoms with E-state index in [2.05, 4.69) is 27.7 Å². The molecule has 1 amide bonds. The molecule has 1 aliphatic rings. The van der Waals surface area contributed by atoms with Crippen LogP contribution < -0.4 is 10.6 Å². The second-order valence-electron chi connectivity index (χ2n) is 9.25. The maximum atomic E-state index is 12.9. The molecule has 1 atom stereocenters. The van der Waals surface area contributed by atoms with Crippen LogP contribution in [0.25, 0.3) is 0 Å². The average Bonchev–Trinajstić information content (AvgIpc) is 2.94. The van der Waals surface area contributed by atoms with Gasteiger partial charge < -0.3 is 25.0 Å².